The van der Waals surface area contributed by atoms with Crippen molar-refractivity contribution >= 4 is 55.9 Å². The van der Waals surface area contributed by atoms with E-state index in [9.17, 15) is 14.0 Å². The zero-order chi connectivity index (χ0) is 21.8. The van der Waals surface area contributed by atoms with E-state index in [4.69, 9.17) is 0 Å². The van der Waals surface area contributed by atoms with E-state index < -0.39 is 0 Å². The smallest absolute Gasteiger partial charge is 0.236 e. The van der Waals surface area contributed by atoms with Crippen LogP contribution in [0.25, 0.3) is 10.2 Å². The molecule has 0 aliphatic heterocycles. The first-order valence-electron chi connectivity index (χ1n) is 9.20. The van der Waals surface area contributed by atoms with Gasteiger partial charge in [0.15, 0.2) is 10.3 Å². The van der Waals surface area contributed by atoms with Gasteiger partial charge in [-0.15, -0.1) is 10.2 Å². The lowest BCUT2D eigenvalue weighted by Gasteiger charge is -2.06. The van der Waals surface area contributed by atoms with E-state index in [0.717, 1.165) is 10.2 Å². The Hall–Kier alpha value is -3.31. The summed E-state index contributed by atoms with van der Waals surface area (Å²) < 4.78 is 15.6. The maximum Gasteiger partial charge on any atom is 0.236 e. The number of nitrogens with zero attached hydrogens (tertiary/aromatic N) is 4. The fraction of sp³-hybridized carbons (Fsp3) is 0.150. The van der Waals surface area contributed by atoms with Crippen molar-refractivity contribution in [1.82, 2.24) is 19.7 Å². The van der Waals surface area contributed by atoms with Gasteiger partial charge in [0.25, 0.3) is 0 Å². The molecule has 0 radical (unpaired) electrons. The molecule has 11 heteroatoms. The number of thioether (sulfide) groups is 1. The molecule has 4 aromatic rings. The zero-order valence-electron chi connectivity index (χ0n) is 16.3. The number of hydrogen-bond donors (Lipinski definition) is 2. The van der Waals surface area contributed by atoms with Crippen molar-refractivity contribution in [3.8, 4) is 0 Å². The normalized spacial score (nSPS) is 10.9. The minimum absolute atomic E-state index is 0.000657. The molecule has 31 heavy (non-hydrogen) atoms. The summed E-state index contributed by atoms with van der Waals surface area (Å²) in [5.41, 5.74) is 1.34. The summed E-state index contributed by atoms with van der Waals surface area (Å²) in [4.78, 5) is 28.9. The summed E-state index contributed by atoms with van der Waals surface area (Å²) in [5, 5.41) is 14.6. The number of benzene rings is 2. The number of halogens is 1. The number of fused-ring (bicyclic) bond motifs is 1. The molecule has 4 rings (SSSR count). The van der Waals surface area contributed by atoms with Gasteiger partial charge in [-0.1, -0.05) is 35.2 Å². The molecule has 8 nitrogen and oxygen atoms in total. The van der Waals surface area contributed by atoms with Crippen LogP contribution in [0.15, 0.2) is 53.7 Å². The number of carbonyl (C=O) groups is 2. The monoisotopic (exact) mass is 456 g/mol. The van der Waals surface area contributed by atoms with Crippen molar-refractivity contribution in [3.05, 3.63) is 60.2 Å². The molecule has 0 saturated heterocycles. The van der Waals surface area contributed by atoms with Gasteiger partial charge in [0.2, 0.25) is 11.8 Å². The summed E-state index contributed by atoms with van der Waals surface area (Å²) in [6.07, 6.45) is -0.000657. The predicted molar refractivity (Wildman–Crippen MR) is 119 cm³/mol. The molecule has 0 aliphatic carbocycles. The van der Waals surface area contributed by atoms with Gasteiger partial charge < -0.3 is 15.2 Å². The number of amides is 2. The Labute approximate surface area is 184 Å². The van der Waals surface area contributed by atoms with Crippen molar-refractivity contribution in [2.45, 2.75) is 11.6 Å². The van der Waals surface area contributed by atoms with Crippen LogP contribution < -0.4 is 10.6 Å². The van der Waals surface area contributed by atoms with E-state index in [0.29, 0.717) is 21.8 Å². The Bertz CT molecular complexity index is 1210. The van der Waals surface area contributed by atoms with E-state index in [-0.39, 0.29) is 29.8 Å². The van der Waals surface area contributed by atoms with Crippen molar-refractivity contribution in [1.29, 1.82) is 0 Å². The van der Waals surface area contributed by atoms with Gasteiger partial charge in [0, 0.05) is 12.7 Å². The first-order chi connectivity index (χ1) is 15.0. The number of carbonyl (C=O) groups excluding carboxylic acids is 2. The third-order valence-corrected chi connectivity index (χ3v) is 6.22. The third-order valence-electron chi connectivity index (χ3n) is 4.24. The maximum atomic E-state index is 13.0. The highest BCUT2D eigenvalue weighted by atomic mass is 32.2. The van der Waals surface area contributed by atoms with Gasteiger partial charge in [0.1, 0.15) is 11.6 Å². The average molecular weight is 457 g/mol. The Morgan fingerprint density at radius 2 is 1.84 bits per heavy atom. The summed E-state index contributed by atoms with van der Waals surface area (Å²) in [6.45, 7) is 0. The van der Waals surface area contributed by atoms with Crippen molar-refractivity contribution < 1.29 is 14.0 Å². The number of hydrogen-bond acceptors (Lipinski definition) is 7. The lowest BCUT2D eigenvalue weighted by atomic mass is 10.3. The minimum atomic E-state index is -0.375. The fourth-order valence-corrected chi connectivity index (χ4v) is 4.33. The molecule has 0 aliphatic rings. The Morgan fingerprint density at radius 3 is 2.61 bits per heavy atom. The number of aromatic nitrogens is 4. The van der Waals surface area contributed by atoms with Crippen LogP contribution in [0.1, 0.15) is 5.82 Å². The van der Waals surface area contributed by atoms with E-state index >= 15 is 0 Å². The van der Waals surface area contributed by atoms with Crippen LogP contribution in [-0.2, 0) is 23.1 Å². The number of nitrogens with one attached hydrogen (secondary N) is 2. The third kappa shape index (κ3) is 5.25. The Kier molecular flexibility index (Phi) is 6.23. The van der Waals surface area contributed by atoms with Crippen LogP contribution in [0.5, 0.6) is 0 Å². The van der Waals surface area contributed by atoms with Crippen LogP contribution in [0.4, 0.5) is 15.2 Å². The summed E-state index contributed by atoms with van der Waals surface area (Å²) in [7, 11) is 1.73. The average Bonchev–Trinajstić information content (AvgIpc) is 3.31. The Balaban J connectivity index is 1.30. The quantitative estimate of drug-likeness (QED) is 0.413. The molecule has 0 spiro atoms. The molecular formula is C20H17FN6O2S2. The molecule has 158 valence electrons. The maximum absolute atomic E-state index is 13.0. The zero-order valence-corrected chi connectivity index (χ0v) is 18.0. The fourth-order valence-electron chi connectivity index (χ4n) is 2.72. The number of rotatable bonds is 7. The van der Waals surface area contributed by atoms with Gasteiger partial charge in [-0.25, -0.2) is 9.37 Å². The van der Waals surface area contributed by atoms with E-state index in [1.165, 1.54) is 47.4 Å². The number of thiazole rings is 1. The molecule has 2 aromatic carbocycles. The van der Waals surface area contributed by atoms with Crippen molar-refractivity contribution in [2.24, 2.45) is 7.05 Å². The first kappa shape index (κ1) is 20.9. The largest absolute Gasteiger partial charge is 0.326 e. The van der Waals surface area contributed by atoms with Gasteiger partial charge in [0.05, 0.1) is 22.4 Å². The van der Waals surface area contributed by atoms with Crippen LogP contribution in [0.2, 0.25) is 0 Å². The topological polar surface area (TPSA) is 102 Å². The van der Waals surface area contributed by atoms with E-state index in [1.54, 1.807) is 11.6 Å². The lowest BCUT2D eigenvalue weighted by molar-refractivity contribution is -0.116. The second-order valence-corrected chi connectivity index (χ2v) is 8.49. The van der Waals surface area contributed by atoms with Gasteiger partial charge in [-0.2, -0.15) is 0 Å². The predicted octanol–water partition coefficient (Wildman–Crippen LogP) is 3.48. The molecule has 2 amide bonds. The van der Waals surface area contributed by atoms with Crippen LogP contribution in [0.3, 0.4) is 0 Å². The summed E-state index contributed by atoms with van der Waals surface area (Å²) in [6, 6.07) is 13.2. The van der Waals surface area contributed by atoms with Crippen LogP contribution in [-0.4, -0.2) is 37.3 Å². The highest BCUT2D eigenvalue weighted by molar-refractivity contribution is 7.99. The SMILES string of the molecule is Cn1c(CC(=O)Nc2ccc(F)cc2)nnc1SCC(=O)Nc1nc2ccccc2s1. The molecular weight excluding hydrogens is 439 g/mol. The molecule has 0 unspecified atom stereocenters. The Morgan fingerprint density at radius 1 is 1.06 bits per heavy atom. The number of para-hydroxylation sites is 1. The lowest BCUT2D eigenvalue weighted by Crippen LogP contribution is -2.17. The molecule has 2 aromatic heterocycles. The van der Waals surface area contributed by atoms with Crippen LogP contribution in [0, 0.1) is 5.82 Å². The van der Waals surface area contributed by atoms with Crippen molar-refractivity contribution in [3.63, 3.8) is 0 Å². The highest BCUT2D eigenvalue weighted by Gasteiger charge is 2.15. The molecule has 0 saturated carbocycles. The summed E-state index contributed by atoms with van der Waals surface area (Å²) >= 11 is 2.63. The molecule has 2 heterocycles. The van der Waals surface area contributed by atoms with Gasteiger partial charge >= 0.3 is 0 Å². The highest BCUT2D eigenvalue weighted by Crippen LogP contribution is 2.25. The van der Waals surface area contributed by atoms with Gasteiger partial charge in [-0.3, -0.25) is 9.59 Å². The van der Waals surface area contributed by atoms with E-state index in [2.05, 4.69) is 25.8 Å². The van der Waals surface area contributed by atoms with E-state index in [1.807, 2.05) is 24.3 Å². The first-order valence-corrected chi connectivity index (χ1v) is 11.0. The standard InChI is InChI=1S/C20H17FN6O2S2/c1-27-16(10-17(28)22-13-8-6-12(21)7-9-13)25-26-20(27)30-11-18(29)24-19-23-14-4-2-3-5-15(14)31-19/h2-9H,10-11H2,1H3,(H,22,28)(H,23,24,29). The molecule has 2 N–H and O–H groups in total. The second-order valence-electron chi connectivity index (χ2n) is 6.51. The minimum Gasteiger partial charge on any atom is -0.326 e. The molecule has 0 fully saturated rings. The molecule has 0 bridgehead atoms. The molecule has 0 atom stereocenters. The second kappa shape index (κ2) is 9.23. The van der Waals surface area contributed by atoms with Gasteiger partial charge in [-0.05, 0) is 36.4 Å². The summed E-state index contributed by atoms with van der Waals surface area (Å²) in [5.74, 6) is -0.298. The van der Waals surface area contributed by atoms with Crippen LogP contribution >= 0.6 is 23.1 Å². The number of anilines is 2. The van der Waals surface area contributed by atoms with Crippen molar-refractivity contribution in [2.75, 3.05) is 16.4 Å².